The smallest absolute Gasteiger partial charge is 0.170 e. The zero-order valence-electron chi connectivity index (χ0n) is 12.1. The lowest BCUT2D eigenvalue weighted by molar-refractivity contribution is 0.0200. The summed E-state index contributed by atoms with van der Waals surface area (Å²) in [7, 11) is 0. The van der Waals surface area contributed by atoms with Crippen LogP contribution in [0.4, 0.5) is 0 Å². The third kappa shape index (κ3) is 2.76. The molecule has 0 amide bonds. The highest BCUT2D eigenvalue weighted by Gasteiger charge is 2.39. The molecule has 0 aromatic heterocycles. The predicted molar refractivity (Wildman–Crippen MR) is 77.9 cm³/mol. The van der Waals surface area contributed by atoms with Crippen molar-refractivity contribution >= 4 is 5.78 Å². The number of rotatable bonds is 3. The number of ketones is 1. The summed E-state index contributed by atoms with van der Waals surface area (Å²) in [6.07, 6.45) is 2.20. The molecule has 1 saturated heterocycles. The highest BCUT2D eigenvalue weighted by Crippen LogP contribution is 2.36. The second-order valence-corrected chi connectivity index (χ2v) is 5.64. The molecule has 2 heterocycles. The fourth-order valence-electron chi connectivity index (χ4n) is 2.90. The van der Waals surface area contributed by atoms with Crippen LogP contribution in [0.5, 0.6) is 11.5 Å². The Morgan fingerprint density at radius 1 is 1.10 bits per heavy atom. The van der Waals surface area contributed by atoms with E-state index in [4.69, 9.17) is 19.9 Å². The van der Waals surface area contributed by atoms with Gasteiger partial charge in [0.15, 0.2) is 17.3 Å². The molecule has 0 bridgehead atoms. The standard InChI is InChI=1S/C16H21NO4/c17-11-16(4-8-19-9-5-16)15(18)12-2-3-13-14(10-12)21-7-1-6-20-13/h2-3,10H,1,4-9,11,17H2. The van der Waals surface area contributed by atoms with E-state index in [0.717, 1.165) is 6.42 Å². The van der Waals surface area contributed by atoms with Crippen molar-refractivity contribution in [3.63, 3.8) is 0 Å². The Morgan fingerprint density at radius 2 is 1.81 bits per heavy atom. The largest absolute Gasteiger partial charge is 0.490 e. The van der Waals surface area contributed by atoms with E-state index in [2.05, 4.69) is 0 Å². The highest BCUT2D eigenvalue weighted by atomic mass is 16.5. The second-order valence-electron chi connectivity index (χ2n) is 5.64. The summed E-state index contributed by atoms with van der Waals surface area (Å²) in [6, 6.07) is 5.41. The average molecular weight is 291 g/mol. The van der Waals surface area contributed by atoms with E-state index >= 15 is 0 Å². The van der Waals surface area contributed by atoms with Crippen LogP contribution in [0.1, 0.15) is 29.6 Å². The third-order valence-electron chi connectivity index (χ3n) is 4.33. The zero-order valence-corrected chi connectivity index (χ0v) is 12.1. The monoisotopic (exact) mass is 291 g/mol. The van der Waals surface area contributed by atoms with E-state index in [9.17, 15) is 4.79 Å². The van der Waals surface area contributed by atoms with Gasteiger partial charge < -0.3 is 19.9 Å². The van der Waals surface area contributed by atoms with Gasteiger partial charge in [-0.1, -0.05) is 0 Å². The molecule has 0 aliphatic carbocycles. The Bertz CT molecular complexity index is 523. The van der Waals surface area contributed by atoms with Gasteiger partial charge in [-0.05, 0) is 31.0 Å². The molecule has 5 nitrogen and oxygen atoms in total. The summed E-state index contributed by atoms with van der Waals surface area (Å²) < 4.78 is 16.6. The summed E-state index contributed by atoms with van der Waals surface area (Å²) in [4.78, 5) is 12.9. The van der Waals surface area contributed by atoms with Crippen molar-refractivity contribution in [3.8, 4) is 11.5 Å². The normalized spacial score (nSPS) is 20.6. The van der Waals surface area contributed by atoms with Crippen LogP contribution in [0.15, 0.2) is 18.2 Å². The fourth-order valence-corrected chi connectivity index (χ4v) is 2.90. The topological polar surface area (TPSA) is 70.8 Å². The van der Waals surface area contributed by atoms with Crippen molar-refractivity contribution in [2.24, 2.45) is 11.1 Å². The molecule has 3 rings (SSSR count). The van der Waals surface area contributed by atoms with Crippen molar-refractivity contribution in [2.75, 3.05) is 33.0 Å². The van der Waals surface area contributed by atoms with Gasteiger partial charge in [0.25, 0.3) is 0 Å². The minimum absolute atomic E-state index is 0.0870. The molecule has 1 aromatic rings. The minimum Gasteiger partial charge on any atom is -0.490 e. The summed E-state index contributed by atoms with van der Waals surface area (Å²) >= 11 is 0. The van der Waals surface area contributed by atoms with E-state index < -0.39 is 5.41 Å². The Kier molecular flexibility index (Phi) is 4.12. The van der Waals surface area contributed by atoms with Crippen molar-refractivity contribution < 1.29 is 19.0 Å². The molecule has 0 saturated carbocycles. The van der Waals surface area contributed by atoms with Crippen LogP contribution >= 0.6 is 0 Å². The average Bonchev–Trinajstić information content (AvgIpc) is 2.79. The van der Waals surface area contributed by atoms with E-state index in [-0.39, 0.29) is 5.78 Å². The number of ether oxygens (including phenoxy) is 3. The van der Waals surface area contributed by atoms with Gasteiger partial charge >= 0.3 is 0 Å². The number of carbonyl (C=O) groups is 1. The lowest BCUT2D eigenvalue weighted by Gasteiger charge is -2.34. The van der Waals surface area contributed by atoms with Crippen LogP contribution in [0, 0.1) is 5.41 Å². The Balaban J connectivity index is 1.88. The maximum atomic E-state index is 12.9. The lowest BCUT2D eigenvalue weighted by atomic mass is 9.74. The Labute approximate surface area is 124 Å². The van der Waals surface area contributed by atoms with Gasteiger partial charge in [0, 0.05) is 31.7 Å². The quantitative estimate of drug-likeness (QED) is 0.860. The van der Waals surface area contributed by atoms with Crippen LogP contribution in [-0.4, -0.2) is 38.8 Å². The highest BCUT2D eigenvalue weighted by molar-refractivity contribution is 6.01. The number of Topliss-reactive ketones (excluding diaryl/α,β-unsaturated/α-hetero) is 1. The summed E-state index contributed by atoms with van der Waals surface area (Å²) in [5.41, 5.74) is 6.05. The van der Waals surface area contributed by atoms with Gasteiger partial charge in [-0.3, -0.25) is 4.79 Å². The second kappa shape index (κ2) is 6.03. The number of hydrogen-bond acceptors (Lipinski definition) is 5. The lowest BCUT2D eigenvalue weighted by Crippen LogP contribution is -2.43. The van der Waals surface area contributed by atoms with Crippen molar-refractivity contribution in [1.29, 1.82) is 0 Å². The summed E-state index contributed by atoms with van der Waals surface area (Å²) in [6.45, 7) is 2.79. The van der Waals surface area contributed by atoms with Gasteiger partial charge in [-0.2, -0.15) is 0 Å². The van der Waals surface area contributed by atoms with Gasteiger partial charge in [0.05, 0.1) is 18.6 Å². The molecule has 0 unspecified atom stereocenters. The maximum Gasteiger partial charge on any atom is 0.170 e. The molecule has 0 atom stereocenters. The number of fused-ring (bicyclic) bond motifs is 1. The zero-order chi connectivity index (χ0) is 14.7. The molecule has 114 valence electrons. The van der Waals surface area contributed by atoms with Crippen LogP contribution in [0.3, 0.4) is 0 Å². The predicted octanol–water partition coefficient (Wildman–Crippen LogP) is 1.79. The molecule has 0 radical (unpaired) electrons. The van der Waals surface area contributed by atoms with Crippen molar-refractivity contribution in [1.82, 2.24) is 0 Å². The molecule has 2 aliphatic heterocycles. The molecular weight excluding hydrogens is 270 g/mol. The van der Waals surface area contributed by atoms with E-state index in [1.165, 1.54) is 0 Å². The third-order valence-corrected chi connectivity index (χ3v) is 4.33. The number of benzene rings is 1. The van der Waals surface area contributed by atoms with Crippen LogP contribution in [0.2, 0.25) is 0 Å². The molecule has 2 N–H and O–H groups in total. The number of hydrogen-bond donors (Lipinski definition) is 1. The van der Waals surface area contributed by atoms with Gasteiger partial charge in [-0.25, -0.2) is 0 Å². The molecule has 21 heavy (non-hydrogen) atoms. The maximum absolute atomic E-state index is 12.9. The van der Waals surface area contributed by atoms with Crippen LogP contribution in [-0.2, 0) is 4.74 Å². The van der Waals surface area contributed by atoms with E-state index in [1.54, 1.807) is 6.07 Å². The number of nitrogens with two attached hydrogens (primary N) is 1. The molecule has 1 fully saturated rings. The van der Waals surface area contributed by atoms with Crippen LogP contribution in [0.25, 0.3) is 0 Å². The Hall–Kier alpha value is -1.59. The van der Waals surface area contributed by atoms with Crippen molar-refractivity contribution in [3.05, 3.63) is 23.8 Å². The SMILES string of the molecule is NCC1(C(=O)c2ccc3c(c2)OCCCO3)CCOCC1. The molecule has 0 spiro atoms. The minimum atomic E-state index is -0.502. The van der Waals surface area contributed by atoms with E-state index in [1.807, 2.05) is 12.1 Å². The first-order valence-corrected chi connectivity index (χ1v) is 7.47. The van der Waals surface area contributed by atoms with E-state index in [0.29, 0.717) is 62.9 Å². The van der Waals surface area contributed by atoms with Crippen LogP contribution < -0.4 is 15.2 Å². The first kappa shape index (κ1) is 14.4. The molecule has 2 aliphatic rings. The first-order chi connectivity index (χ1) is 10.2. The van der Waals surface area contributed by atoms with Gasteiger partial charge in [0.1, 0.15) is 0 Å². The van der Waals surface area contributed by atoms with Crippen molar-refractivity contribution in [2.45, 2.75) is 19.3 Å². The molecule has 5 heteroatoms. The Morgan fingerprint density at radius 3 is 2.52 bits per heavy atom. The summed E-state index contributed by atoms with van der Waals surface area (Å²) in [5, 5.41) is 0. The fraction of sp³-hybridized carbons (Fsp3) is 0.562. The first-order valence-electron chi connectivity index (χ1n) is 7.47. The molecular formula is C16H21NO4. The number of carbonyl (C=O) groups excluding carboxylic acids is 1. The van der Waals surface area contributed by atoms with Gasteiger partial charge in [0.2, 0.25) is 0 Å². The van der Waals surface area contributed by atoms with Gasteiger partial charge in [-0.15, -0.1) is 0 Å². The molecule has 1 aromatic carbocycles. The summed E-state index contributed by atoms with van der Waals surface area (Å²) in [5.74, 6) is 1.44.